The van der Waals surface area contributed by atoms with Gasteiger partial charge in [-0.3, -0.25) is 19.2 Å². The Hall–Kier alpha value is -3.50. The maximum absolute atomic E-state index is 14.6. The number of nitrogens with zero attached hydrogens (tertiary/aromatic N) is 2. The van der Waals surface area contributed by atoms with E-state index in [9.17, 15) is 24.3 Å². The Morgan fingerprint density at radius 3 is 2.43 bits per heavy atom. The Morgan fingerprint density at radius 1 is 1.17 bits per heavy atom. The van der Waals surface area contributed by atoms with Crippen LogP contribution in [0.4, 0.5) is 0 Å². The molecule has 1 aromatic carbocycles. The van der Waals surface area contributed by atoms with Gasteiger partial charge in [-0.1, -0.05) is 56.3 Å². The largest absolute Gasteiger partial charge is 0.455 e. The second-order valence-electron chi connectivity index (χ2n) is 14.6. The van der Waals surface area contributed by atoms with Crippen molar-refractivity contribution in [1.29, 1.82) is 0 Å². The first-order valence-corrected chi connectivity index (χ1v) is 16.9. The number of rotatable bonds is 15. The van der Waals surface area contributed by atoms with Crippen molar-refractivity contribution in [2.45, 2.75) is 115 Å². The van der Waals surface area contributed by atoms with Crippen LogP contribution in [0.1, 0.15) is 85.3 Å². The first kappa shape index (κ1) is 36.3. The standard InChI is InChI=1S/C37H53N3O7/c1-9-11-17-28(42)38-24(5)31(25-15-13-12-14-16-25)46-35(45)29-27-18-19-37(47-27)30(29)33(43)40(26(22-41)21-23(3)4)32(37)34(44)39(20-10-2)36(6,7)8/h9-10,12-16,23-24,26-27,29-32,41H,1-2,11,17-22H2,3-8H3,(H,38,42)/t24-,26-,27-,29+,30+,31-,32-,37+/m1/s1. The number of aliphatic hydroxyl groups excluding tert-OH is 1. The highest BCUT2D eigenvalue weighted by Crippen LogP contribution is 2.59. The highest BCUT2D eigenvalue weighted by molar-refractivity contribution is 5.98. The number of esters is 1. The zero-order chi connectivity index (χ0) is 34.7. The molecule has 47 heavy (non-hydrogen) atoms. The van der Waals surface area contributed by atoms with Gasteiger partial charge in [0.05, 0.1) is 36.6 Å². The molecule has 0 radical (unpaired) electrons. The van der Waals surface area contributed by atoms with E-state index in [1.807, 2.05) is 65.0 Å². The molecule has 258 valence electrons. The fourth-order valence-electron chi connectivity index (χ4n) is 7.76. The summed E-state index contributed by atoms with van der Waals surface area (Å²) in [7, 11) is 0. The van der Waals surface area contributed by atoms with Crippen LogP contribution in [-0.4, -0.2) is 87.1 Å². The molecule has 1 spiro atoms. The van der Waals surface area contributed by atoms with Crippen molar-refractivity contribution in [2.75, 3.05) is 13.2 Å². The van der Waals surface area contributed by atoms with Crippen LogP contribution in [0.15, 0.2) is 55.6 Å². The van der Waals surface area contributed by atoms with E-state index in [4.69, 9.17) is 9.47 Å². The van der Waals surface area contributed by atoms with Gasteiger partial charge in [-0.05, 0) is 64.9 Å². The van der Waals surface area contributed by atoms with Gasteiger partial charge in [-0.2, -0.15) is 0 Å². The molecule has 10 heteroatoms. The number of aliphatic hydroxyl groups is 1. The number of ether oxygens (including phenoxy) is 2. The molecule has 3 aliphatic rings. The molecule has 3 amide bonds. The van der Waals surface area contributed by atoms with Crippen molar-refractivity contribution in [1.82, 2.24) is 15.1 Å². The van der Waals surface area contributed by atoms with Crippen molar-refractivity contribution in [3.8, 4) is 0 Å². The Kier molecular flexibility index (Phi) is 11.4. The molecule has 0 aromatic heterocycles. The Bertz CT molecular complexity index is 1320. The van der Waals surface area contributed by atoms with Crippen LogP contribution in [0.3, 0.4) is 0 Å². The molecule has 10 nitrogen and oxygen atoms in total. The second kappa shape index (κ2) is 14.7. The predicted molar refractivity (Wildman–Crippen MR) is 179 cm³/mol. The zero-order valence-electron chi connectivity index (χ0n) is 28.8. The summed E-state index contributed by atoms with van der Waals surface area (Å²) in [6.45, 7) is 19.0. The number of amides is 3. The van der Waals surface area contributed by atoms with Gasteiger partial charge < -0.3 is 29.7 Å². The average molecular weight is 652 g/mol. The van der Waals surface area contributed by atoms with E-state index in [0.29, 0.717) is 31.2 Å². The third-order valence-corrected chi connectivity index (χ3v) is 9.77. The van der Waals surface area contributed by atoms with Crippen molar-refractivity contribution in [3.05, 3.63) is 61.2 Å². The summed E-state index contributed by atoms with van der Waals surface area (Å²) in [4.78, 5) is 59.4. The molecule has 4 rings (SSSR count). The maximum Gasteiger partial charge on any atom is 0.313 e. The minimum absolute atomic E-state index is 0.133. The molecule has 0 unspecified atom stereocenters. The number of carbonyl (C=O) groups excluding carboxylic acids is 4. The lowest BCUT2D eigenvalue weighted by molar-refractivity contribution is -0.163. The molecule has 0 aliphatic carbocycles. The van der Waals surface area contributed by atoms with Crippen LogP contribution in [0.25, 0.3) is 0 Å². The quantitative estimate of drug-likeness (QED) is 0.214. The van der Waals surface area contributed by atoms with Crippen molar-refractivity contribution >= 4 is 23.7 Å². The number of nitrogens with one attached hydrogen (secondary N) is 1. The van der Waals surface area contributed by atoms with Gasteiger partial charge >= 0.3 is 5.97 Å². The van der Waals surface area contributed by atoms with E-state index in [2.05, 4.69) is 18.5 Å². The number of fused-ring (bicyclic) bond motifs is 1. The summed E-state index contributed by atoms with van der Waals surface area (Å²) >= 11 is 0. The Labute approximate surface area is 279 Å². The lowest BCUT2D eigenvalue weighted by Crippen LogP contribution is -2.61. The van der Waals surface area contributed by atoms with Gasteiger partial charge in [0.25, 0.3) is 0 Å². The smallest absolute Gasteiger partial charge is 0.313 e. The van der Waals surface area contributed by atoms with Gasteiger partial charge in [-0.25, -0.2) is 0 Å². The summed E-state index contributed by atoms with van der Waals surface area (Å²) in [5.74, 6) is -3.23. The fraction of sp³-hybridized carbons (Fsp3) is 0.622. The maximum atomic E-state index is 14.6. The number of likely N-dealkylation sites (tertiary alicyclic amines) is 1. The van der Waals surface area contributed by atoms with Crippen LogP contribution in [0.2, 0.25) is 0 Å². The van der Waals surface area contributed by atoms with Gasteiger partial charge in [0.15, 0.2) is 0 Å². The van der Waals surface area contributed by atoms with Gasteiger partial charge in [0.1, 0.15) is 17.7 Å². The van der Waals surface area contributed by atoms with E-state index in [1.165, 1.54) is 4.90 Å². The third-order valence-electron chi connectivity index (χ3n) is 9.77. The topological polar surface area (TPSA) is 125 Å². The summed E-state index contributed by atoms with van der Waals surface area (Å²) < 4.78 is 12.9. The van der Waals surface area contributed by atoms with Crippen LogP contribution in [0.5, 0.6) is 0 Å². The molecule has 3 heterocycles. The first-order valence-electron chi connectivity index (χ1n) is 16.9. The molecule has 2 N–H and O–H groups in total. The van der Waals surface area contributed by atoms with E-state index in [0.717, 1.165) is 0 Å². The Balaban J connectivity index is 1.72. The van der Waals surface area contributed by atoms with E-state index >= 15 is 0 Å². The molecular formula is C37H53N3O7. The fourth-order valence-corrected chi connectivity index (χ4v) is 7.76. The minimum Gasteiger partial charge on any atom is -0.455 e. The molecule has 8 atom stereocenters. The van der Waals surface area contributed by atoms with E-state index in [1.54, 1.807) is 24.0 Å². The number of hydrogen-bond donors (Lipinski definition) is 2. The van der Waals surface area contributed by atoms with Gasteiger partial charge in [0.2, 0.25) is 17.7 Å². The number of benzene rings is 1. The summed E-state index contributed by atoms with van der Waals surface area (Å²) in [6.07, 6.45) is 4.05. The minimum atomic E-state index is -1.25. The molecule has 3 aliphatic heterocycles. The number of hydrogen-bond acceptors (Lipinski definition) is 7. The van der Waals surface area contributed by atoms with Crippen LogP contribution < -0.4 is 5.32 Å². The van der Waals surface area contributed by atoms with Crippen molar-refractivity contribution in [3.63, 3.8) is 0 Å². The van der Waals surface area contributed by atoms with Crippen molar-refractivity contribution < 1.29 is 33.8 Å². The number of allylic oxidation sites excluding steroid dienone is 1. The Morgan fingerprint density at radius 2 is 1.85 bits per heavy atom. The average Bonchev–Trinajstić information content (AvgIpc) is 3.66. The molecule has 0 saturated carbocycles. The van der Waals surface area contributed by atoms with E-state index in [-0.39, 0.29) is 43.2 Å². The second-order valence-corrected chi connectivity index (χ2v) is 14.6. The molecule has 1 aromatic rings. The number of carbonyl (C=O) groups is 4. The summed E-state index contributed by atoms with van der Waals surface area (Å²) in [6, 6.07) is 6.96. The molecule has 2 bridgehead atoms. The zero-order valence-corrected chi connectivity index (χ0v) is 28.8. The van der Waals surface area contributed by atoms with E-state index < -0.39 is 59.3 Å². The SMILES string of the molecule is C=CCCC(=O)N[C@H](C)[C@@H](OC(=O)[C@@H]1[C@H]2C(=O)N([C@@H](CO)CC(C)C)[C@H](C(=O)N(CC=C)C(C)(C)C)[C@]23CC[C@H]1O3)c1ccccc1. The predicted octanol–water partition coefficient (Wildman–Crippen LogP) is 4.34. The normalized spacial score (nSPS) is 26.8. The van der Waals surface area contributed by atoms with Gasteiger partial charge in [-0.15, -0.1) is 13.2 Å². The highest BCUT2D eigenvalue weighted by atomic mass is 16.6. The molecule has 3 saturated heterocycles. The van der Waals surface area contributed by atoms with Crippen LogP contribution in [-0.2, 0) is 28.7 Å². The van der Waals surface area contributed by atoms with Gasteiger partial charge in [0, 0.05) is 18.5 Å². The summed E-state index contributed by atoms with van der Waals surface area (Å²) in [5, 5.41) is 13.5. The highest BCUT2D eigenvalue weighted by Gasteiger charge is 2.76. The summed E-state index contributed by atoms with van der Waals surface area (Å²) in [5.41, 5.74) is -1.14. The monoisotopic (exact) mass is 651 g/mol. The first-order chi connectivity index (χ1) is 22.2. The third kappa shape index (κ3) is 7.18. The lowest BCUT2D eigenvalue weighted by atomic mass is 9.70. The van der Waals surface area contributed by atoms with Crippen LogP contribution in [0, 0.1) is 17.8 Å². The van der Waals surface area contributed by atoms with Crippen molar-refractivity contribution in [2.24, 2.45) is 17.8 Å². The molecular weight excluding hydrogens is 598 g/mol. The molecule has 3 fully saturated rings. The lowest BCUT2D eigenvalue weighted by Gasteiger charge is -2.43. The van der Waals surface area contributed by atoms with Crippen LogP contribution >= 0.6 is 0 Å².